The van der Waals surface area contributed by atoms with Crippen molar-refractivity contribution in [1.82, 2.24) is 19.4 Å². The highest BCUT2D eigenvalue weighted by atomic mass is 35.5. The highest BCUT2D eigenvalue weighted by Gasteiger charge is 2.30. The van der Waals surface area contributed by atoms with Gasteiger partial charge >= 0.3 is 0 Å². The highest BCUT2D eigenvalue weighted by molar-refractivity contribution is 6.30. The Kier molecular flexibility index (Phi) is 5.29. The van der Waals surface area contributed by atoms with Crippen molar-refractivity contribution in [1.29, 1.82) is 0 Å². The molecular weight excluding hydrogens is 417 g/mol. The Labute approximate surface area is 184 Å². The molecule has 1 N–H and O–H groups in total. The molecule has 1 aliphatic rings. The number of hydrogen-bond donors (Lipinski definition) is 1. The van der Waals surface area contributed by atoms with Crippen LogP contribution in [0.2, 0.25) is 5.02 Å². The van der Waals surface area contributed by atoms with Gasteiger partial charge in [-0.05, 0) is 24.0 Å². The van der Waals surface area contributed by atoms with Crippen LogP contribution in [0.5, 0.6) is 0 Å². The number of halogens is 2. The van der Waals surface area contributed by atoms with Crippen molar-refractivity contribution in [2.24, 2.45) is 5.92 Å². The van der Waals surface area contributed by atoms with Gasteiger partial charge in [0.2, 0.25) is 0 Å². The number of benzene rings is 1. The molecule has 0 spiro atoms. The molecule has 1 saturated heterocycles. The fourth-order valence-corrected chi connectivity index (χ4v) is 4.45. The lowest BCUT2D eigenvalue weighted by atomic mass is 9.81. The van der Waals surface area contributed by atoms with Gasteiger partial charge in [-0.25, -0.2) is 19.3 Å². The molecule has 6 nitrogen and oxygen atoms in total. The molecule has 3 aromatic heterocycles. The topological polar surface area (TPSA) is 66.5 Å². The van der Waals surface area contributed by atoms with E-state index in [4.69, 9.17) is 16.6 Å². The maximum absolute atomic E-state index is 13.8. The molecule has 4 heterocycles. The first-order chi connectivity index (χ1) is 15.1. The standard InChI is InChI=1S/C23H21ClFN5O/c24-18-13-30-20(11-27-22(30)10-19(18)25)23-26-8-6-21(28-23)29-9-7-16(14-31)17(12-29)15-4-2-1-3-5-15/h1-6,8,10-11,13,16-17,31H,7,9,12,14H2. The number of aromatic nitrogens is 4. The molecular formula is C23H21ClFN5O. The second-order valence-corrected chi connectivity index (χ2v) is 8.18. The zero-order valence-electron chi connectivity index (χ0n) is 16.7. The molecule has 2 atom stereocenters. The Morgan fingerprint density at radius 1 is 1.16 bits per heavy atom. The quantitative estimate of drug-likeness (QED) is 0.518. The molecule has 4 aromatic rings. The minimum Gasteiger partial charge on any atom is -0.396 e. The molecule has 1 aliphatic heterocycles. The summed E-state index contributed by atoms with van der Waals surface area (Å²) in [4.78, 5) is 15.7. The van der Waals surface area contributed by atoms with E-state index in [1.165, 1.54) is 17.8 Å². The molecule has 0 aliphatic carbocycles. The summed E-state index contributed by atoms with van der Waals surface area (Å²) in [6, 6.07) is 13.5. The normalized spacial score (nSPS) is 19.1. The summed E-state index contributed by atoms with van der Waals surface area (Å²) in [6.45, 7) is 1.73. The Balaban J connectivity index is 1.47. The van der Waals surface area contributed by atoms with E-state index >= 15 is 0 Å². The van der Waals surface area contributed by atoms with Crippen LogP contribution >= 0.6 is 11.6 Å². The van der Waals surface area contributed by atoms with Crippen LogP contribution in [0.4, 0.5) is 10.2 Å². The van der Waals surface area contributed by atoms with Crippen LogP contribution in [0.15, 0.2) is 61.1 Å². The second kappa shape index (κ2) is 8.24. The van der Waals surface area contributed by atoms with Gasteiger partial charge in [0.25, 0.3) is 0 Å². The van der Waals surface area contributed by atoms with Crippen molar-refractivity contribution in [3.8, 4) is 11.5 Å². The second-order valence-electron chi connectivity index (χ2n) is 7.77. The van der Waals surface area contributed by atoms with Crippen LogP contribution in [0, 0.1) is 11.7 Å². The Bertz CT molecular complexity index is 1220. The summed E-state index contributed by atoms with van der Waals surface area (Å²) < 4.78 is 15.5. The third-order valence-electron chi connectivity index (χ3n) is 5.96. The maximum atomic E-state index is 13.8. The highest BCUT2D eigenvalue weighted by Crippen LogP contribution is 2.34. The fraction of sp³-hybridized carbons (Fsp3) is 0.261. The first-order valence-corrected chi connectivity index (χ1v) is 10.6. The number of pyridine rings is 1. The summed E-state index contributed by atoms with van der Waals surface area (Å²) in [7, 11) is 0. The lowest BCUT2D eigenvalue weighted by molar-refractivity contribution is 0.184. The predicted molar refractivity (Wildman–Crippen MR) is 118 cm³/mol. The largest absolute Gasteiger partial charge is 0.396 e. The summed E-state index contributed by atoms with van der Waals surface area (Å²) in [5.74, 6) is 1.23. The zero-order chi connectivity index (χ0) is 21.4. The monoisotopic (exact) mass is 437 g/mol. The average Bonchev–Trinajstić information content (AvgIpc) is 3.22. The lowest BCUT2D eigenvalue weighted by Gasteiger charge is -2.38. The van der Waals surface area contributed by atoms with Crippen LogP contribution in [0.3, 0.4) is 0 Å². The van der Waals surface area contributed by atoms with E-state index in [9.17, 15) is 9.50 Å². The average molecular weight is 438 g/mol. The number of rotatable bonds is 4. The number of aliphatic hydroxyl groups is 1. The van der Waals surface area contributed by atoms with E-state index < -0.39 is 5.82 Å². The van der Waals surface area contributed by atoms with Crippen molar-refractivity contribution in [2.75, 3.05) is 24.6 Å². The minimum atomic E-state index is -0.514. The molecule has 0 amide bonds. The van der Waals surface area contributed by atoms with Gasteiger partial charge in [-0.15, -0.1) is 0 Å². The van der Waals surface area contributed by atoms with Crippen molar-refractivity contribution in [3.05, 3.63) is 77.5 Å². The smallest absolute Gasteiger partial charge is 0.180 e. The molecule has 1 aromatic carbocycles. The minimum absolute atomic E-state index is 0.0136. The van der Waals surface area contributed by atoms with Crippen LogP contribution in [-0.4, -0.2) is 44.2 Å². The van der Waals surface area contributed by atoms with Crippen LogP contribution in [-0.2, 0) is 0 Å². The third-order valence-corrected chi connectivity index (χ3v) is 6.24. The van der Waals surface area contributed by atoms with Crippen LogP contribution in [0.25, 0.3) is 17.2 Å². The van der Waals surface area contributed by atoms with Gasteiger partial charge in [0.1, 0.15) is 23.0 Å². The van der Waals surface area contributed by atoms with E-state index in [-0.39, 0.29) is 23.5 Å². The SMILES string of the molecule is OCC1CCN(c2ccnc(-c3cnc4cc(F)c(Cl)cn34)n2)CC1c1ccccc1. The number of fused-ring (bicyclic) bond motifs is 1. The number of hydrogen-bond acceptors (Lipinski definition) is 5. The predicted octanol–water partition coefficient (Wildman–Crippen LogP) is 4.19. The summed E-state index contributed by atoms with van der Waals surface area (Å²) in [5.41, 5.74) is 2.31. The number of anilines is 1. The molecule has 31 heavy (non-hydrogen) atoms. The number of imidazole rings is 1. The summed E-state index contributed by atoms with van der Waals surface area (Å²) >= 11 is 5.97. The molecule has 8 heteroatoms. The van der Waals surface area contributed by atoms with Gasteiger partial charge in [0, 0.05) is 44.1 Å². The molecule has 5 rings (SSSR count). The van der Waals surface area contributed by atoms with E-state index in [1.807, 2.05) is 24.3 Å². The van der Waals surface area contributed by atoms with Gasteiger partial charge in [-0.3, -0.25) is 4.40 Å². The van der Waals surface area contributed by atoms with Crippen molar-refractivity contribution in [3.63, 3.8) is 0 Å². The van der Waals surface area contributed by atoms with Crippen LogP contribution < -0.4 is 4.90 Å². The van der Waals surface area contributed by atoms with Crippen molar-refractivity contribution >= 4 is 23.1 Å². The van der Waals surface area contributed by atoms with Gasteiger partial charge in [0.15, 0.2) is 5.82 Å². The molecule has 2 unspecified atom stereocenters. The first-order valence-electron chi connectivity index (χ1n) is 10.2. The van der Waals surface area contributed by atoms with E-state index in [0.29, 0.717) is 17.2 Å². The lowest BCUT2D eigenvalue weighted by Crippen LogP contribution is -2.41. The molecule has 0 radical (unpaired) electrons. The third kappa shape index (κ3) is 3.75. The molecule has 0 saturated carbocycles. The Morgan fingerprint density at radius 2 is 2.00 bits per heavy atom. The van der Waals surface area contributed by atoms with Crippen LogP contribution in [0.1, 0.15) is 17.9 Å². The van der Waals surface area contributed by atoms with E-state index in [2.05, 4.69) is 27.0 Å². The Hall–Kier alpha value is -3.03. The van der Waals surface area contributed by atoms with Gasteiger partial charge < -0.3 is 10.0 Å². The van der Waals surface area contributed by atoms with E-state index in [0.717, 1.165) is 25.3 Å². The van der Waals surface area contributed by atoms with E-state index in [1.54, 1.807) is 16.8 Å². The zero-order valence-corrected chi connectivity index (χ0v) is 17.5. The summed E-state index contributed by atoms with van der Waals surface area (Å²) in [5, 5.41) is 9.91. The van der Waals surface area contributed by atoms with Crippen molar-refractivity contribution in [2.45, 2.75) is 12.3 Å². The van der Waals surface area contributed by atoms with Gasteiger partial charge in [-0.2, -0.15) is 0 Å². The molecule has 1 fully saturated rings. The molecule has 0 bridgehead atoms. The molecule has 158 valence electrons. The maximum Gasteiger partial charge on any atom is 0.180 e. The fourth-order valence-electron chi connectivity index (χ4n) is 4.29. The number of piperidine rings is 1. The van der Waals surface area contributed by atoms with Gasteiger partial charge in [-0.1, -0.05) is 41.9 Å². The van der Waals surface area contributed by atoms with Crippen molar-refractivity contribution < 1.29 is 9.50 Å². The number of nitrogens with zero attached hydrogens (tertiary/aromatic N) is 5. The van der Waals surface area contributed by atoms with Gasteiger partial charge in [0.05, 0.1) is 11.2 Å². The number of aliphatic hydroxyl groups excluding tert-OH is 1. The summed E-state index contributed by atoms with van der Waals surface area (Å²) in [6.07, 6.45) is 5.70. The first kappa shape index (κ1) is 19.9. The Morgan fingerprint density at radius 3 is 2.81 bits per heavy atom.